The molecule has 1 aromatic carbocycles. The maximum absolute atomic E-state index is 14.2. The summed E-state index contributed by atoms with van der Waals surface area (Å²) >= 11 is 0. The summed E-state index contributed by atoms with van der Waals surface area (Å²) in [5, 5.41) is 79.3. The van der Waals surface area contributed by atoms with Crippen LogP contribution in [-0.4, -0.2) is 171 Å². The molecule has 0 saturated heterocycles. The number of aliphatic hydroxyl groups excluding tert-OH is 4. The van der Waals surface area contributed by atoms with Gasteiger partial charge in [0.15, 0.2) is 5.96 Å². The van der Waals surface area contributed by atoms with Crippen molar-refractivity contribution in [1.29, 1.82) is 5.41 Å². The molecule has 1 unspecified atom stereocenters. The van der Waals surface area contributed by atoms with Gasteiger partial charge >= 0.3 is 5.97 Å². The minimum absolute atomic E-state index is 0.0157. The average Bonchev–Trinajstić information content (AvgIpc) is 3.30. The Balaban J connectivity index is 3.38. The molecular formula is C46H79N13O14. The number of guanidine groups is 1. The monoisotopic (exact) mass is 1040 g/mol. The molecule has 412 valence electrons. The van der Waals surface area contributed by atoms with Gasteiger partial charge in [0.2, 0.25) is 47.3 Å². The van der Waals surface area contributed by atoms with E-state index >= 15 is 0 Å². The fourth-order valence-electron chi connectivity index (χ4n) is 7.01. The molecule has 0 aromatic heterocycles. The van der Waals surface area contributed by atoms with Crippen molar-refractivity contribution in [2.45, 2.75) is 154 Å². The number of nitrogens with one attached hydrogen (secondary N) is 10. The van der Waals surface area contributed by atoms with Gasteiger partial charge < -0.3 is 90.6 Å². The second-order valence-electron chi connectivity index (χ2n) is 18.7. The van der Waals surface area contributed by atoms with Crippen LogP contribution in [0.3, 0.4) is 0 Å². The van der Waals surface area contributed by atoms with Crippen LogP contribution in [0.15, 0.2) is 24.3 Å². The van der Waals surface area contributed by atoms with Crippen LogP contribution in [0.1, 0.15) is 86.6 Å². The molecule has 0 fully saturated rings. The van der Waals surface area contributed by atoms with Crippen LogP contribution in [-0.2, 0) is 49.6 Å². The van der Waals surface area contributed by atoms with E-state index < -0.39 is 145 Å². The highest BCUT2D eigenvalue weighted by Gasteiger charge is 2.38. The second kappa shape index (κ2) is 31.7. The van der Waals surface area contributed by atoms with Crippen molar-refractivity contribution >= 4 is 64.9 Å². The number of carboxylic acids is 1. The summed E-state index contributed by atoms with van der Waals surface area (Å²) in [6, 6.07) is -5.41. The lowest BCUT2D eigenvalue weighted by molar-refractivity contribution is -0.144. The van der Waals surface area contributed by atoms with Gasteiger partial charge in [0.05, 0.1) is 37.5 Å². The van der Waals surface area contributed by atoms with Crippen LogP contribution in [0.25, 0.3) is 0 Å². The zero-order valence-corrected chi connectivity index (χ0v) is 42.7. The molecule has 8 amide bonds. The van der Waals surface area contributed by atoms with Crippen molar-refractivity contribution in [2.75, 3.05) is 25.4 Å². The molecule has 0 aliphatic carbocycles. The summed E-state index contributed by atoms with van der Waals surface area (Å²) in [6.45, 7) is 10.5. The van der Waals surface area contributed by atoms with Gasteiger partial charge in [0.25, 0.3) is 0 Å². The van der Waals surface area contributed by atoms with Crippen LogP contribution >= 0.6 is 0 Å². The number of rotatable bonds is 32. The van der Waals surface area contributed by atoms with Crippen LogP contribution < -0.4 is 65.1 Å². The molecule has 0 radical (unpaired) electrons. The van der Waals surface area contributed by atoms with E-state index in [0.29, 0.717) is 11.3 Å². The van der Waals surface area contributed by atoms with Crippen LogP contribution in [0.2, 0.25) is 0 Å². The standard InChI is InChI=1S/C46H79N13O14/c1-9-23(6)33(42(69)58-34(24(7)61)41(68)52-19-32(63)56-35(25(8)62)43(70)55-31(20-60)45(72)73)57-39(66)29(14-11-15-51-46(49)50)53-40(67)30(16-21(2)3)54-44(71)36(37(64)22(4)5)59-38(65)28(48)18-26-12-10-13-27(47)17-26/h10,12-13,17,21-25,28-31,33-37,60-62,64H,9,11,14-16,18-20,47-48H2,1-8H3,(H,52,68)(H,53,67)(H,54,71)(H,55,70)(H,56,63)(H,57,66)(H,58,69)(H,59,65)(H,72,73)(H4,49,50,51)/t23-,24-,25+,28-,29+,30-,31-,33-,34-,35-,36-,37?/m0/s1. The fraction of sp³-hybridized carbons (Fsp3) is 0.652. The Morgan fingerprint density at radius 2 is 1.18 bits per heavy atom. The molecule has 21 N–H and O–H groups in total. The van der Waals surface area contributed by atoms with Crippen LogP contribution in [0, 0.1) is 23.2 Å². The Labute approximate surface area is 424 Å². The fourth-order valence-corrected chi connectivity index (χ4v) is 7.01. The van der Waals surface area contributed by atoms with Gasteiger partial charge in [0.1, 0.15) is 42.3 Å². The van der Waals surface area contributed by atoms with Crippen molar-refractivity contribution in [1.82, 2.24) is 47.9 Å². The summed E-state index contributed by atoms with van der Waals surface area (Å²) in [5.41, 5.74) is 18.6. The van der Waals surface area contributed by atoms with Gasteiger partial charge in [-0.15, -0.1) is 0 Å². The van der Waals surface area contributed by atoms with Gasteiger partial charge in [-0.3, -0.25) is 43.8 Å². The number of hydrogen-bond acceptors (Lipinski definition) is 16. The summed E-state index contributed by atoms with van der Waals surface area (Å²) in [6.07, 6.45) is -4.24. The van der Waals surface area contributed by atoms with Crippen molar-refractivity contribution in [2.24, 2.45) is 29.2 Å². The van der Waals surface area contributed by atoms with E-state index in [9.17, 15) is 63.6 Å². The van der Waals surface area contributed by atoms with Gasteiger partial charge in [-0.1, -0.05) is 60.1 Å². The number of carboxylic acid groups (broad SMARTS) is 1. The lowest BCUT2D eigenvalue weighted by atomic mass is 9.96. The minimum atomic E-state index is -1.75. The number of nitrogens with two attached hydrogens (primary N) is 3. The lowest BCUT2D eigenvalue weighted by Crippen LogP contribution is -2.62. The van der Waals surface area contributed by atoms with Gasteiger partial charge in [-0.25, -0.2) is 4.79 Å². The van der Waals surface area contributed by atoms with Crippen molar-refractivity contribution < 1.29 is 68.7 Å². The number of aliphatic hydroxyl groups is 4. The van der Waals surface area contributed by atoms with Crippen molar-refractivity contribution in [3.63, 3.8) is 0 Å². The third kappa shape index (κ3) is 22.7. The lowest BCUT2D eigenvalue weighted by Gasteiger charge is -2.31. The van der Waals surface area contributed by atoms with E-state index in [4.69, 9.17) is 27.7 Å². The Bertz CT molecular complexity index is 2040. The quantitative estimate of drug-likeness (QED) is 0.0139. The molecule has 0 spiro atoms. The third-order valence-electron chi connectivity index (χ3n) is 11.5. The Morgan fingerprint density at radius 1 is 0.658 bits per heavy atom. The maximum atomic E-state index is 14.2. The zero-order chi connectivity index (χ0) is 55.9. The number of nitrogen functional groups attached to an aromatic ring is 1. The van der Waals surface area contributed by atoms with Gasteiger partial charge in [-0.2, -0.15) is 0 Å². The van der Waals surface area contributed by atoms with E-state index in [2.05, 4.69) is 42.5 Å². The Kier molecular flexibility index (Phi) is 27.9. The molecule has 0 aliphatic heterocycles. The molecule has 73 heavy (non-hydrogen) atoms. The summed E-state index contributed by atoms with van der Waals surface area (Å²) in [7, 11) is 0. The van der Waals surface area contributed by atoms with Crippen LogP contribution in [0.4, 0.5) is 5.69 Å². The third-order valence-corrected chi connectivity index (χ3v) is 11.5. The molecule has 1 rings (SSSR count). The number of benzene rings is 1. The predicted octanol–water partition coefficient (Wildman–Crippen LogP) is -5.14. The summed E-state index contributed by atoms with van der Waals surface area (Å²) in [5.74, 6) is -11.1. The molecular weight excluding hydrogens is 959 g/mol. The maximum Gasteiger partial charge on any atom is 0.328 e. The van der Waals surface area contributed by atoms with E-state index in [1.165, 1.54) is 0 Å². The van der Waals surface area contributed by atoms with Crippen molar-refractivity contribution in [3.05, 3.63) is 29.8 Å². The number of anilines is 1. The molecule has 27 heteroatoms. The first-order chi connectivity index (χ1) is 34.0. The SMILES string of the molecule is CC[C@H](C)[C@H](NC(=O)[C@@H](CCCNC(=N)N)NC(=O)[C@H](CC(C)C)NC(=O)[C@@H](NC(=O)[C@@H](N)Cc1cccc(N)c1)C(O)C(C)C)C(=O)N[C@H](C(=O)NCC(=O)N[C@H](C(=O)N[C@@H](CO)C(=O)O)[C@@H](C)O)[C@H](C)O. The van der Waals surface area contributed by atoms with Gasteiger partial charge in [-0.05, 0) is 75.0 Å². The highest BCUT2D eigenvalue weighted by atomic mass is 16.4. The number of carbonyl (C=O) groups excluding carboxylic acids is 8. The largest absolute Gasteiger partial charge is 0.480 e. The molecule has 0 saturated carbocycles. The molecule has 12 atom stereocenters. The number of amides is 8. The number of carbonyl (C=O) groups is 9. The molecule has 0 aliphatic rings. The Morgan fingerprint density at radius 3 is 1.70 bits per heavy atom. The minimum Gasteiger partial charge on any atom is -0.480 e. The number of aliphatic carboxylic acids is 1. The predicted molar refractivity (Wildman–Crippen MR) is 266 cm³/mol. The summed E-state index contributed by atoms with van der Waals surface area (Å²) < 4.78 is 0. The highest BCUT2D eigenvalue weighted by Crippen LogP contribution is 2.14. The molecule has 0 bridgehead atoms. The second-order valence-corrected chi connectivity index (χ2v) is 18.7. The molecule has 1 aromatic rings. The van der Waals surface area contributed by atoms with Crippen molar-refractivity contribution in [3.8, 4) is 0 Å². The zero-order valence-electron chi connectivity index (χ0n) is 42.7. The van der Waals surface area contributed by atoms with E-state index in [1.54, 1.807) is 65.8 Å². The molecule has 0 heterocycles. The highest BCUT2D eigenvalue weighted by molar-refractivity contribution is 5.98. The van der Waals surface area contributed by atoms with E-state index in [0.717, 1.165) is 13.8 Å². The topological polar surface area (TPSA) is 465 Å². The van der Waals surface area contributed by atoms with Gasteiger partial charge in [0, 0.05) is 12.2 Å². The smallest absolute Gasteiger partial charge is 0.328 e. The molecule has 27 nitrogen and oxygen atoms in total. The Hall–Kier alpha value is -6.68. The first-order valence-corrected chi connectivity index (χ1v) is 24.0. The van der Waals surface area contributed by atoms with E-state index in [-0.39, 0.29) is 50.5 Å². The average molecular weight is 1040 g/mol. The number of hydrogen-bond donors (Lipinski definition) is 18. The normalized spacial score (nSPS) is 16.2. The first kappa shape index (κ1) is 64.3. The van der Waals surface area contributed by atoms with E-state index in [1.807, 2.05) is 5.32 Å². The summed E-state index contributed by atoms with van der Waals surface area (Å²) in [4.78, 5) is 120. The van der Waals surface area contributed by atoms with Crippen LogP contribution in [0.5, 0.6) is 0 Å². The first-order valence-electron chi connectivity index (χ1n) is 24.0.